The van der Waals surface area contributed by atoms with Crippen LogP contribution in [0.3, 0.4) is 0 Å². The Morgan fingerprint density at radius 2 is 1.18 bits per heavy atom. The number of likely N-dealkylation sites (tertiary alicyclic amines) is 3. The summed E-state index contributed by atoms with van der Waals surface area (Å²) in [5, 5.41) is 23.4. The lowest BCUT2D eigenvalue weighted by atomic mass is 10.0. The maximum absolute atomic E-state index is 14.0. The summed E-state index contributed by atoms with van der Waals surface area (Å²) < 4.78 is 0. The first-order valence-corrected chi connectivity index (χ1v) is 23.0. The van der Waals surface area contributed by atoms with Crippen molar-refractivity contribution >= 4 is 59.1 Å². The number of aliphatic hydroxyl groups is 1. The number of guanidine groups is 1. The molecule has 22 heteroatoms. The number of aliphatic imine (C=N–C) groups is 1. The van der Waals surface area contributed by atoms with Gasteiger partial charge in [-0.15, -0.1) is 0 Å². The topological polar surface area (TPSA) is 334 Å². The molecule has 3 heterocycles. The number of nitrogens with two attached hydrogens (primary N) is 3. The molecule has 2 aromatic rings. The zero-order chi connectivity index (χ0) is 49.3. The van der Waals surface area contributed by atoms with Crippen LogP contribution >= 0.6 is 0 Å². The predicted octanol–water partition coefficient (Wildman–Crippen LogP) is -2.95. The molecule has 0 aromatic heterocycles. The smallest absolute Gasteiger partial charge is 0.248 e. The maximum atomic E-state index is 14.0. The van der Waals surface area contributed by atoms with Crippen LogP contribution in [0, 0.1) is 0 Å². The van der Waals surface area contributed by atoms with Crippen molar-refractivity contribution in [1.29, 1.82) is 0 Å². The second kappa shape index (κ2) is 25.1. The van der Waals surface area contributed by atoms with Crippen LogP contribution in [-0.4, -0.2) is 161 Å². The van der Waals surface area contributed by atoms with Gasteiger partial charge in [0, 0.05) is 45.9 Å². The standard InChI is InChI=1S/C46H64N12O10/c1-28(60)52-31(16-8-20-50-46(48)49)43(66)58-23-11-19-37(58)45(68)57-22-9-17-35(57)41(64)51-26-38(61)53-33(25-30-14-6-3-7-15-30)40(63)55-34(27-59)44(67)56-21-10-18-36(56)42(65)54-32(39(47)62)24-29-12-4-2-5-13-29/h2-7,12-15,31-37,59H,8-11,16-27H2,1H3,(H2,47,62)(H,51,64)(H,52,60)(H,53,61)(H,54,65)(H,55,63)(H4,48,49,50)/t31-,32+,33-,34-,35-,36-,37-/m0/s1. The number of hydrogen-bond donors (Lipinski definition) is 9. The van der Waals surface area contributed by atoms with Crippen LogP contribution in [0.4, 0.5) is 0 Å². The Kier molecular flexibility index (Phi) is 19.2. The summed E-state index contributed by atoms with van der Waals surface area (Å²) in [7, 11) is 0. The molecule has 0 saturated carbocycles. The van der Waals surface area contributed by atoms with Crippen LogP contribution < -0.4 is 43.8 Å². The molecule has 0 radical (unpaired) electrons. The highest BCUT2D eigenvalue weighted by Crippen LogP contribution is 2.26. The molecule has 0 spiro atoms. The number of aliphatic hydroxyl groups excluding tert-OH is 1. The van der Waals surface area contributed by atoms with Crippen molar-refractivity contribution in [2.24, 2.45) is 22.2 Å². The number of nitrogens with one attached hydrogen (secondary N) is 5. The molecule has 22 nitrogen and oxygen atoms in total. The van der Waals surface area contributed by atoms with E-state index in [9.17, 15) is 48.3 Å². The van der Waals surface area contributed by atoms with E-state index in [1.165, 1.54) is 21.6 Å². The zero-order valence-corrected chi connectivity index (χ0v) is 38.3. The van der Waals surface area contributed by atoms with Crippen LogP contribution in [-0.2, 0) is 56.0 Å². The predicted molar refractivity (Wildman–Crippen MR) is 247 cm³/mol. The monoisotopic (exact) mass is 944 g/mol. The van der Waals surface area contributed by atoms with E-state index >= 15 is 0 Å². The third-order valence-corrected chi connectivity index (χ3v) is 12.2. The maximum Gasteiger partial charge on any atom is 0.248 e. The third kappa shape index (κ3) is 14.4. The van der Waals surface area contributed by atoms with E-state index < -0.39 is 109 Å². The number of primary amides is 1. The van der Waals surface area contributed by atoms with Gasteiger partial charge in [0.15, 0.2) is 5.96 Å². The van der Waals surface area contributed by atoms with Crippen molar-refractivity contribution in [1.82, 2.24) is 41.3 Å². The molecule has 0 aliphatic carbocycles. The van der Waals surface area contributed by atoms with Gasteiger partial charge < -0.3 is 63.6 Å². The largest absolute Gasteiger partial charge is 0.394 e. The van der Waals surface area contributed by atoms with Crippen LogP contribution in [0.5, 0.6) is 0 Å². The average molecular weight is 945 g/mol. The number of rotatable bonds is 22. The number of carbonyl (C=O) groups is 9. The minimum absolute atomic E-state index is 0.0378. The van der Waals surface area contributed by atoms with Gasteiger partial charge in [-0.1, -0.05) is 60.7 Å². The van der Waals surface area contributed by atoms with Gasteiger partial charge >= 0.3 is 0 Å². The van der Waals surface area contributed by atoms with E-state index in [1.54, 1.807) is 54.6 Å². The molecule has 3 aliphatic rings. The lowest BCUT2D eigenvalue weighted by molar-refractivity contribution is -0.148. The summed E-state index contributed by atoms with van der Waals surface area (Å²) in [6.07, 6.45) is 3.08. The Bertz CT molecular complexity index is 2160. The first-order valence-electron chi connectivity index (χ1n) is 23.0. The van der Waals surface area contributed by atoms with Gasteiger partial charge in [-0.25, -0.2) is 0 Å². The molecule has 12 N–H and O–H groups in total. The number of nitrogens with zero attached hydrogens (tertiary/aromatic N) is 4. The molecule has 3 saturated heterocycles. The Balaban J connectivity index is 1.19. The molecule has 3 aliphatic heterocycles. The number of carbonyl (C=O) groups excluding carboxylic acids is 9. The molecular formula is C46H64N12O10. The normalized spacial score (nSPS) is 19.4. The van der Waals surface area contributed by atoms with Gasteiger partial charge in [0.1, 0.15) is 42.3 Å². The van der Waals surface area contributed by atoms with E-state index in [0.717, 1.165) is 5.56 Å². The lowest BCUT2D eigenvalue weighted by Crippen LogP contribution is -2.59. The van der Waals surface area contributed by atoms with Crippen molar-refractivity contribution in [2.75, 3.05) is 39.3 Å². The van der Waals surface area contributed by atoms with Gasteiger partial charge in [-0.05, 0) is 62.5 Å². The SMILES string of the molecule is CC(=O)N[C@@H](CCCN=C(N)N)C(=O)N1CCC[C@H]1C(=O)N1CCC[C@H]1C(=O)NCC(=O)N[C@@H](Cc1ccccc1)C(=O)N[C@@H](CO)C(=O)N1CCC[C@H]1C(=O)N[C@H](Cc1ccccc1)C(N)=O. The average Bonchev–Trinajstić information content (AvgIpc) is 4.13. The fourth-order valence-corrected chi connectivity index (χ4v) is 8.88. The fourth-order valence-electron chi connectivity index (χ4n) is 8.88. The van der Waals surface area contributed by atoms with Crippen molar-refractivity contribution < 1.29 is 48.3 Å². The van der Waals surface area contributed by atoms with E-state index in [-0.39, 0.29) is 57.8 Å². The van der Waals surface area contributed by atoms with Crippen LogP contribution in [0.2, 0.25) is 0 Å². The van der Waals surface area contributed by atoms with Crippen LogP contribution in [0.1, 0.15) is 69.4 Å². The van der Waals surface area contributed by atoms with Crippen molar-refractivity contribution in [3.8, 4) is 0 Å². The molecule has 68 heavy (non-hydrogen) atoms. The molecule has 9 amide bonds. The van der Waals surface area contributed by atoms with Crippen molar-refractivity contribution in [2.45, 2.75) is 113 Å². The summed E-state index contributed by atoms with van der Waals surface area (Å²) in [4.78, 5) is 128. The van der Waals surface area contributed by atoms with Crippen LogP contribution in [0.25, 0.3) is 0 Å². The highest BCUT2D eigenvalue weighted by atomic mass is 16.3. The highest BCUT2D eigenvalue weighted by molar-refractivity contribution is 5.98. The molecule has 0 unspecified atom stereocenters. The Morgan fingerprint density at radius 1 is 0.647 bits per heavy atom. The van der Waals surface area contributed by atoms with E-state index in [0.29, 0.717) is 44.1 Å². The number of benzene rings is 2. The summed E-state index contributed by atoms with van der Waals surface area (Å²) in [6.45, 7) is 0.767. The molecule has 368 valence electrons. The minimum atomic E-state index is -1.51. The zero-order valence-electron chi connectivity index (χ0n) is 38.3. The second-order valence-electron chi connectivity index (χ2n) is 17.2. The van der Waals surface area contributed by atoms with Crippen LogP contribution in [0.15, 0.2) is 65.7 Å². The molecule has 7 atom stereocenters. The summed E-state index contributed by atoms with van der Waals surface area (Å²) in [5.41, 5.74) is 17.8. The first-order chi connectivity index (χ1) is 32.6. The quantitative estimate of drug-likeness (QED) is 0.0325. The minimum Gasteiger partial charge on any atom is -0.394 e. The summed E-state index contributed by atoms with van der Waals surface area (Å²) in [5.74, 6) is -5.70. The summed E-state index contributed by atoms with van der Waals surface area (Å²) in [6, 6.07) is 10.1. The molecule has 2 aromatic carbocycles. The van der Waals surface area contributed by atoms with Crippen molar-refractivity contribution in [3.05, 3.63) is 71.8 Å². The van der Waals surface area contributed by atoms with Gasteiger partial charge in [0.05, 0.1) is 13.2 Å². The highest BCUT2D eigenvalue weighted by Gasteiger charge is 2.44. The fraction of sp³-hybridized carbons (Fsp3) is 0.522. The Labute approximate surface area is 394 Å². The molecule has 3 fully saturated rings. The lowest BCUT2D eigenvalue weighted by Gasteiger charge is -2.33. The van der Waals surface area contributed by atoms with E-state index in [4.69, 9.17) is 17.2 Å². The van der Waals surface area contributed by atoms with E-state index in [1.807, 2.05) is 6.07 Å². The molecule has 5 rings (SSSR count). The summed E-state index contributed by atoms with van der Waals surface area (Å²) >= 11 is 0. The van der Waals surface area contributed by atoms with Gasteiger partial charge in [-0.2, -0.15) is 0 Å². The first kappa shape index (κ1) is 51.9. The van der Waals surface area contributed by atoms with Gasteiger partial charge in [0.2, 0.25) is 53.2 Å². The van der Waals surface area contributed by atoms with Gasteiger partial charge in [-0.3, -0.25) is 48.1 Å². The Hall–Kier alpha value is -7.10. The van der Waals surface area contributed by atoms with E-state index in [2.05, 4.69) is 31.6 Å². The third-order valence-electron chi connectivity index (χ3n) is 12.2. The number of amides is 9. The second-order valence-corrected chi connectivity index (χ2v) is 17.2. The Morgan fingerprint density at radius 3 is 1.74 bits per heavy atom. The van der Waals surface area contributed by atoms with Crippen molar-refractivity contribution in [3.63, 3.8) is 0 Å². The number of hydrogen-bond acceptors (Lipinski definition) is 11. The van der Waals surface area contributed by atoms with Gasteiger partial charge in [0.25, 0.3) is 0 Å². The molecule has 0 bridgehead atoms. The molecular weight excluding hydrogens is 881 g/mol.